The fourth-order valence-corrected chi connectivity index (χ4v) is 4.50. The molecule has 0 spiro atoms. The molecule has 0 unspecified atom stereocenters. The minimum absolute atomic E-state index is 0.723. The Bertz CT molecular complexity index is 569. The summed E-state index contributed by atoms with van der Waals surface area (Å²) in [5.41, 5.74) is 1.23. The zero-order valence-corrected chi connectivity index (χ0v) is 17.5. The predicted octanol–water partition coefficient (Wildman–Crippen LogP) is 3.36. The fraction of sp³-hybridized carbons (Fsp3) is 0.800. The number of aryl methyl sites for hydroxylation is 1. The van der Waals surface area contributed by atoms with Crippen LogP contribution in [0.1, 0.15) is 50.2 Å². The van der Waals surface area contributed by atoms with Gasteiger partial charge < -0.3 is 10.2 Å². The summed E-state index contributed by atoms with van der Waals surface area (Å²) in [5, 5.41) is 6.88. The molecule has 3 heterocycles. The Balaban J connectivity index is 1.45. The van der Waals surface area contributed by atoms with Crippen molar-refractivity contribution in [1.29, 1.82) is 0 Å². The number of nitrogens with one attached hydrogen (secondary N) is 1. The van der Waals surface area contributed by atoms with Crippen LogP contribution in [0.25, 0.3) is 0 Å². The Morgan fingerprint density at radius 2 is 1.96 bits per heavy atom. The van der Waals surface area contributed by atoms with Gasteiger partial charge in [-0.3, -0.25) is 9.89 Å². The molecule has 2 fully saturated rings. The molecule has 0 bridgehead atoms. The molecular weight excluding hydrogens is 342 g/mol. The van der Waals surface area contributed by atoms with Crippen LogP contribution in [0.2, 0.25) is 0 Å². The molecule has 1 aromatic heterocycles. The van der Waals surface area contributed by atoms with E-state index < -0.39 is 0 Å². The number of guanidine groups is 1. The van der Waals surface area contributed by atoms with Gasteiger partial charge in [0.05, 0.1) is 10.7 Å². The molecule has 146 valence electrons. The number of thiazole rings is 1. The van der Waals surface area contributed by atoms with E-state index in [9.17, 15) is 0 Å². The highest BCUT2D eigenvalue weighted by atomic mass is 32.1. The number of hydrogen-bond acceptors (Lipinski definition) is 4. The maximum absolute atomic E-state index is 5.00. The van der Waals surface area contributed by atoms with Crippen molar-refractivity contribution in [2.45, 2.75) is 53.0 Å². The third kappa shape index (κ3) is 5.68. The normalized spacial score (nSPS) is 21.3. The molecule has 0 amide bonds. The molecule has 6 heteroatoms. The third-order valence-corrected chi connectivity index (χ3v) is 6.50. The van der Waals surface area contributed by atoms with Crippen LogP contribution >= 0.6 is 11.3 Å². The van der Waals surface area contributed by atoms with E-state index in [1.54, 1.807) is 11.3 Å². The van der Waals surface area contributed by atoms with Gasteiger partial charge in [-0.05, 0) is 64.5 Å². The molecule has 0 saturated carbocycles. The number of piperidine rings is 2. The Hall–Kier alpha value is -1.14. The zero-order chi connectivity index (χ0) is 18.4. The van der Waals surface area contributed by atoms with Crippen molar-refractivity contribution in [2.75, 3.05) is 39.3 Å². The second-order valence-electron chi connectivity index (χ2n) is 7.94. The molecule has 0 radical (unpaired) electrons. The van der Waals surface area contributed by atoms with Crippen LogP contribution in [0.3, 0.4) is 0 Å². The van der Waals surface area contributed by atoms with Gasteiger partial charge >= 0.3 is 0 Å². The van der Waals surface area contributed by atoms with Crippen LogP contribution in [-0.2, 0) is 6.54 Å². The number of aromatic nitrogens is 1. The second kappa shape index (κ2) is 9.70. The minimum Gasteiger partial charge on any atom is -0.357 e. The Kier molecular flexibility index (Phi) is 7.32. The lowest BCUT2D eigenvalue weighted by atomic mass is 9.97. The SMILES string of the molecule is CCNC(=NCC1CCN(Cc2csc(C)n2)CC1)N1CCC(C)CC1. The first kappa shape index (κ1) is 19.6. The van der Waals surface area contributed by atoms with Gasteiger partial charge in [-0.15, -0.1) is 11.3 Å². The van der Waals surface area contributed by atoms with Gasteiger partial charge in [-0.25, -0.2) is 4.98 Å². The van der Waals surface area contributed by atoms with Crippen LogP contribution in [0.5, 0.6) is 0 Å². The summed E-state index contributed by atoms with van der Waals surface area (Å²) < 4.78 is 0. The van der Waals surface area contributed by atoms with Crippen molar-refractivity contribution in [3.8, 4) is 0 Å². The smallest absolute Gasteiger partial charge is 0.193 e. The minimum atomic E-state index is 0.723. The van der Waals surface area contributed by atoms with Crippen molar-refractivity contribution in [3.05, 3.63) is 16.1 Å². The van der Waals surface area contributed by atoms with Gasteiger partial charge in [-0.1, -0.05) is 6.92 Å². The number of likely N-dealkylation sites (tertiary alicyclic amines) is 2. The first-order valence-electron chi connectivity index (χ1n) is 10.3. The summed E-state index contributed by atoms with van der Waals surface area (Å²) >= 11 is 1.76. The molecule has 2 aliphatic heterocycles. The average molecular weight is 378 g/mol. The first-order valence-corrected chi connectivity index (χ1v) is 11.2. The van der Waals surface area contributed by atoms with Gasteiger partial charge in [0, 0.05) is 38.1 Å². The van der Waals surface area contributed by atoms with Crippen LogP contribution in [0.15, 0.2) is 10.4 Å². The molecule has 2 saturated heterocycles. The lowest BCUT2D eigenvalue weighted by Crippen LogP contribution is -2.45. The van der Waals surface area contributed by atoms with Gasteiger partial charge in [0.15, 0.2) is 5.96 Å². The van der Waals surface area contributed by atoms with Crippen molar-refractivity contribution in [3.63, 3.8) is 0 Å². The first-order chi connectivity index (χ1) is 12.6. The molecule has 0 aliphatic carbocycles. The summed E-state index contributed by atoms with van der Waals surface area (Å²) in [6.45, 7) is 14.2. The molecule has 26 heavy (non-hydrogen) atoms. The number of rotatable bonds is 5. The van der Waals surface area contributed by atoms with E-state index in [-0.39, 0.29) is 0 Å². The van der Waals surface area contributed by atoms with E-state index in [4.69, 9.17) is 4.99 Å². The lowest BCUT2D eigenvalue weighted by molar-refractivity contribution is 0.178. The number of hydrogen-bond donors (Lipinski definition) is 1. The van der Waals surface area contributed by atoms with E-state index in [1.165, 1.54) is 49.5 Å². The highest BCUT2D eigenvalue weighted by molar-refractivity contribution is 7.09. The molecular formula is C20H35N5S. The average Bonchev–Trinajstić information content (AvgIpc) is 3.05. The Labute approximate surface area is 162 Å². The van der Waals surface area contributed by atoms with Crippen molar-refractivity contribution in [2.24, 2.45) is 16.8 Å². The summed E-state index contributed by atoms with van der Waals surface area (Å²) in [7, 11) is 0. The van der Waals surface area contributed by atoms with E-state index in [1.807, 2.05) is 0 Å². The third-order valence-electron chi connectivity index (χ3n) is 5.68. The highest BCUT2D eigenvalue weighted by Crippen LogP contribution is 2.21. The predicted molar refractivity (Wildman–Crippen MR) is 111 cm³/mol. The van der Waals surface area contributed by atoms with Gasteiger partial charge in [0.25, 0.3) is 0 Å². The van der Waals surface area contributed by atoms with Crippen LogP contribution in [0.4, 0.5) is 0 Å². The Morgan fingerprint density at radius 3 is 2.58 bits per heavy atom. The largest absolute Gasteiger partial charge is 0.357 e. The molecule has 2 aliphatic rings. The van der Waals surface area contributed by atoms with Crippen LogP contribution in [-0.4, -0.2) is 60.0 Å². The van der Waals surface area contributed by atoms with Crippen molar-refractivity contribution >= 4 is 17.3 Å². The van der Waals surface area contributed by atoms with E-state index in [0.717, 1.165) is 50.5 Å². The maximum Gasteiger partial charge on any atom is 0.193 e. The standard InChI is InChI=1S/C20H35N5S/c1-4-21-20(25-11-5-16(2)6-12-25)22-13-18-7-9-24(10-8-18)14-19-15-26-17(3)23-19/h15-16,18H,4-14H2,1-3H3,(H,21,22). The van der Waals surface area contributed by atoms with Gasteiger partial charge in [-0.2, -0.15) is 0 Å². The van der Waals surface area contributed by atoms with Crippen molar-refractivity contribution in [1.82, 2.24) is 20.1 Å². The van der Waals surface area contributed by atoms with E-state index in [0.29, 0.717) is 0 Å². The summed E-state index contributed by atoms with van der Waals surface area (Å²) in [6, 6.07) is 0. The maximum atomic E-state index is 5.00. The second-order valence-corrected chi connectivity index (χ2v) is 9.00. The molecule has 0 atom stereocenters. The monoisotopic (exact) mass is 377 g/mol. The number of aliphatic imine (C=N–C) groups is 1. The van der Waals surface area contributed by atoms with E-state index in [2.05, 4.69) is 46.3 Å². The molecule has 1 aromatic rings. The van der Waals surface area contributed by atoms with Crippen LogP contribution in [0, 0.1) is 18.8 Å². The van der Waals surface area contributed by atoms with Crippen molar-refractivity contribution < 1.29 is 0 Å². The molecule has 0 aromatic carbocycles. The number of nitrogens with zero attached hydrogens (tertiary/aromatic N) is 4. The molecule has 3 rings (SSSR count). The fourth-order valence-electron chi connectivity index (χ4n) is 3.90. The summed E-state index contributed by atoms with van der Waals surface area (Å²) in [4.78, 5) is 14.6. The highest BCUT2D eigenvalue weighted by Gasteiger charge is 2.22. The quantitative estimate of drug-likeness (QED) is 0.631. The lowest BCUT2D eigenvalue weighted by Gasteiger charge is -2.34. The van der Waals surface area contributed by atoms with Crippen LogP contribution < -0.4 is 5.32 Å². The summed E-state index contributed by atoms with van der Waals surface area (Å²) in [5.74, 6) is 2.72. The molecule has 5 nitrogen and oxygen atoms in total. The van der Waals surface area contributed by atoms with Gasteiger partial charge in [0.2, 0.25) is 0 Å². The topological polar surface area (TPSA) is 43.8 Å². The van der Waals surface area contributed by atoms with E-state index >= 15 is 0 Å². The Morgan fingerprint density at radius 1 is 1.23 bits per heavy atom. The molecule has 1 N–H and O–H groups in total. The van der Waals surface area contributed by atoms with Gasteiger partial charge in [0.1, 0.15) is 0 Å². The zero-order valence-electron chi connectivity index (χ0n) is 16.7. The summed E-state index contributed by atoms with van der Waals surface area (Å²) in [6.07, 6.45) is 5.09.